The molecule has 1 aliphatic heterocycles. The lowest BCUT2D eigenvalue weighted by Gasteiger charge is -2.32. The number of rotatable bonds is 6. The highest BCUT2D eigenvalue weighted by Crippen LogP contribution is 2.29. The summed E-state index contributed by atoms with van der Waals surface area (Å²) in [6.07, 6.45) is 5.12. The Labute approximate surface area is 118 Å². The standard InChI is InChI=1S/C17H28N2/c1-4-6-11-19-12-7-8-16-13-15(9-10-17(16)19)14(3)18-5-2/h9-10,13-14,18H,4-8,11-12H2,1-3H3. The SMILES string of the molecule is CCCCN1CCCc2cc(C(C)NCC)ccc21. The minimum atomic E-state index is 0.460. The zero-order valence-corrected chi connectivity index (χ0v) is 12.7. The minimum Gasteiger partial charge on any atom is -0.371 e. The van der Waals surface area contributed by atoms with Gasteiger partial charge in [0.2, 0.25) is 0 Å². The molecule has 2 rings (SSSR count). The first-order valence-electron chi connectivity index (χ1n) is 7.87. The first-order valence-corrected chi connectivity index (χ1v) is 7.87. The largest absolute Gasteiger partial charge is 0.371 e. The van der Waals surface area contributed by atoms with Gasteiger partial charge in [0, 0.05) is 24.8 Å². The number of hydrogen-bond donors (Lipinski definition) is 1. The van der Waals surface area contributed by atoms with Crippen molar-refractivity contribution in [2.45, 2.75) is 52.5 Å². The Kier molecular flexibility index (Phi) is 5.26. The molecule has 1 heterocycles. The number of benzene rings is 1. The molecule has 1 aromatic rings. The van der Waals surface area contributed by atoms with Crippen molar-refractivity contribution in [3.05, 3.63) is 29.3 Å². The molecule has 0 spiro atoms. The Morgan fingerprint density at radius 3 is 2.89 bits per heavy atom. The van der Waals surface area contributed by atoms with Crippen LogP contribution < -0.4 is 10.2 Å². The zero-order chi connectivity index (χ0) is 13.7. The van der Waals surface area contributed by atoms with E-state index in [0.29, 0.717) is 6.04 Å². The van der Waals surface area contributed by atoms with Gasteiger partial charge in [-0.2, -0.15) is 0 Å². The summed E-state index contributed by atoms with van der Waals surface area (Å²) in [5.41, 5.74) is 4.45. The molecule has 1 atom stereocenters. The van der Waals surface area contributed by atoms with E-state index in [1.54, 1.807) is 5.56 Å². The van der Waals surface area contributed by atoms with E-state index in [9.17, 15) is 0 Å². The Hall–Kier alpha value is -1.02. The smallest absolute Gasteiger partial charge is 0.0398 e. The Balaban J connectivity index is 2.15. The zero-order valence-electron chi connectivity index (χ0n) is 12.7. The molecule has 2 nitrogen and oxygen atoms in total. The second-order valence-electron chi connectivity index (χ2n) is 5.61. The van der Waals surface area contributed by atoms with E-state index in [4.69, 9.17) is 0 Å². The molecule has 0 saturated carbocycles. The van der Waals surface area contributed by atoms with Gasteiger partial charge in [0.1, 0.15) is 0 Å². The molecule has 0 radical (unpaired) electrons. The van der Waals surface area contributed by atoms with Gasteiger partial charge in [-0.1, -0.05) is 32.4 Å². The molecule has 2 heteroatoms. The van der Waals surface area contributed by atoms with E-state index in [1.165, 1.54) is 50.0 Å². The summed E-state index contributed by atoms with van der Waals surface area (Å²) in [6, 6.07) is 7.52. The summed E-state index contributed by atoms with van der Waals surface area (Å²) in [5, 5.41) is 3.50. The van der Waals surface area contributed by atoms with Crippen molar-refractivity contribution in [3.63, 3.8) is 0 Å². The highest BCUT2D eigenvalue weighted by Gasteiger charge is 2.17. The van der Waals surface area contributed by atoms with Crippen LogP contribution in [0.2, 0.25) is 0 Å². The number of aryl methyl sites for hydroxylation is 1. The second kappa shape index (κ2) is 6.95. The van der Waals surface area contributed by atoms with Gasteiger partial charge in [0.05, 0.1) is 0 Å². The highest BCUT2D eigenvalue weighted by molar-refractivity contribution is 5.57. The molecular weight excluding hydrogens is 232 g/mol. The van der Waals surface area contributed by atoms with Crippen molar-refractivity contribution in [2.24, 2.45) is 0 Å². The first kappa shape index (κ1) is 14.4. The average molecular weight is 260 g/mol. The maximum absolute atomic E-state index is 3.50. The summed E-state index contributed by atoms with van der Waals surface area (Å²) in [7, 11) is 0. The van der Waals surface area contributed by atoms with Crippen molar-refractivity contribution in [1.29, 1.82) is 0 Å². The number of nitrogens with one attached hydrogen (secondary N) is 1. The van der Waals surface area contributed by atoms with Crippen LogP contribution in [-0.4, -0.2) is 19.6 Å². The van der Waals surface area contributed by atoms with E-state index in [0.717, 1.165) is 6.54 Å². The van der Waals surface area contributed by atoms with Gasteiger partial charge in [0.15, 0.2) is 0 Å². The van der Waals surface area contributed by atoms with Crippen LogP contribution in [0.3, 0.4) is 0 Å². The average Bonchev–Trinajstić information content (AvgIpc) is 2.44. The maximum atomic E-state index is 3.50. The van der Waals surface area contributed by atoms with Gasteiger partial charge in [0.25, 0.3) is 0 Å². The van der Waals surface area contributed by atoms with Gasteiger partial charge >= 0.3 is 0 Å². The van der Waals surface area contributed by atoms with Crippen LogP contribution in [0.1, 0.15) is 57.2 Å². The topological polar surface area (TPSA) is 15.3 Å². The third-order valence-corrected chi connectivity index (χ3v) is 4.11. The van der Waals surface area contributed by atoms with Crippen LogP contribution in [0.4, 0.5) is 5.69 Å². The van der Waals surface area contributed by atoms with Gasteiger partial charge in [-0.25, -0.2) is 0 Å². The van der Waals surface area contributed by atoms with Crippen LogP contribution >= 0.6 is 0 Å². The van der Waals surface area contributed by atoms with Crippen molar-refractivity contribution in [1.82, 2.24) is 5.32 Å². The van der Waals surface area contributed by atoms with Crippen LogP contribution in [0.15, 0.2) is 18.2 Å². The third-order valence-electron chi connectivity index (χ3n) is 4.11. The molecule has 0 bridgehead atoms. The Morgan fingerprint density at radius 1 is 1.32 bits per heavy atom. The molecule has 0 aromatic heterocycles. The van der Waals surface area contributed by atoms with Gasteiger partial charge in [-0.15, -0.1) is 0 Å². The quantitative estimate of drug-likeness (QED) is 0.834. The fraction of sp³-hybridized carbons (Fsp3) is 0.647. The van der Waals surface area contributed by atoms with Crippen molar-refractivity contribution in [2.75, 3.05) is 24.5 Å². The molecule has 0 saturated heterocycles. The molecule has 0 fully saturated rings. The summed E-state index contributed by atoms with van der Waals surface area (Å²) in [5.74, 6) is 0. The first-order chi connectivity index (χ1) is 9.26. The predicted molar refractivity (Wildman–Crippen MR) is 84.0 cm³/mol. The fourth-order valence-corrected chi connectivity index (χ4v) is 2.97. The number of unbranched alkanes of at least 4 members (excludes halogenated alkanes) is 1. The van der Waals surface area contributed by atoms with Crippen LogP contribution in [0, 0.1) is 0 Å². The van der Waals surface area contributed by atoms with Crippen molar-refractivity contribution in [3.8, 4) is 0 Å². The van der Waals surface area contributed by atoms with Gasteiger partial charge < -0.3 is 10.2 Å². The summed E-state index contributed by atoms with van der Waals surface area (Å²) in [4.78, 5) is 2.57. The molecule has 1 N–H and O–H groups in total. The summed E-state index contributed by atoms with van der Waals surface area (Å²) in [6.45, 7) is 10.2. The number of anilines is 1. The Bertz CT molecular complexity index is 400. The van der Waals surface area contributed by atoms with Crippen LogP contribution in [-0.2, 0) is 6.42 Å². The predicted octanol–water partition coefficient (Wildman–Crippen LogP) is 3.91. The minimum absolute atomic E-state index is 0.460. The molecular formula is C17H28N2. The normalized spacial score (nSPS) is 16.3. The van der Waals surface area contributed by atoms with E-state index < -0.39 is 0 Å². The van der Waals surface area contributed by atoms with Gasteiger partial charge in [-0.05, 0) is 49.9 Å². The van der Waals surface area contributed by atoms with Crippen molar-refractivity contribution < 1.29 is 0 Å². The van der Waals surface area contributed by atoms with E-state index in [1.807, 2.05) is 0 Å². The number of fused-ring (bicyclic) bond motifs is 1. The lowest BCUT2D eigenvalue weighted by atomic mass is 9.96. The highest BCUT2D eigenvalue weighted by atomic mass is 15.1. The lowest BCUT2D eigenvalue weighted by molar-refractivity contribution is 0.595. The molecule has 106 valence electrons. The summed E-state index contributed by atoms with van der Waals surface area (Å²) < 4.78 is 0. The number of hydrogen-bond acceptors (Lipinski definition) is 2. The monoisotopic (exact) mass is 260 g/mol. The van der Waals surface area contributed by atoms with Crippen molar-refractivity contribution >= 4 is 5.69 Å². The fourth-order valence-electron chi connectivity index (χ4n) is 2.97. The van der Waals surface area contributed by atoms with Gasteiger partial charge in [-0.3, -0.25) is 0 Å². The molecule has 19 heavy (non-hydrogen) atoms. The summed E-state index contributed by atoms with van der Waals surface area (Å²) >= 11 is 0. The molecule has 0 amide bonds. The Morgan fingerprint density at radius 2 is 2.16 bits per heavy atom. The van der Waals surface area contributed by atoms with E-state index >= 15 is 0 Å². The molecule has 1 unspecified atom stereocenters. The third kappa shape index (κ3) is 3.50. The molecule has 1 aromatic carbocycles. The van der Waals surface area contributed by atoms with Crippen LogP contribution in [0.5, 0.6) is 0 Å². The maximum Gasteiger partial charge on any atom is 0.0398 e. The molecule has 1 aliphatic rings. The lowest BCUT2D eigenvalue weighted by Crippen LogP contribution is -2.30. The van der Waals surface area contributed by atoms with E-state index in [-0.39, 0.29) is 0 Å². The van der Waals surface area contributed by atoms with E-state index in [2.05, 4.69) is 49.2 Å². The number of nitrogens with zero attached hydrogens (tertiary/aromatic N) is 1. The molecule has 0 aliphatic carbocycles. The second-order valence-corrected chi connectivity index (χ2v) is 5.61. The van der Waals surface area contributed by atoms with Crippen LogP contribution in [0.25, 0.3) is 0 Å².